The molecule has 5 heteroatoms. The predicted octanol–water partition coefficient (Wildman–Crippen LogP) is 4.27. The Labute approximate surface area is 132 Å². The number of halogens is 1. The van der Waals surface area contributed by atoms with Crippen molar-refractivity contribution < 1.29 is 9.15 Å². The highest BCUT2D eigenvalue weighted by Gasteiger charge is 2.43. The zero-order chi connectivity index (χ0) is 15.2. The van der Waals surface area contributed by atoms with Gasteiger partial charge < -0.3 is 9.15 Å². The first-order valence-electron chi connectivity index (χ1n) is 6.99. The Hall–Kier alpha value is -2.33. The minimum absolute atomic E-state index is 0.197. The van der Waals surface area contributed by atoms with Gasteiger partial charge in [0.25, 0.3) is 0 Å². The van der Waals surface area contributed by atoms with Crippen molar-refractivity contribution in [3.05, 3.63) is 71.4 Å². The number of fused-ring (bicyclic) bond motifs is 2. The van der Waals surface area contributed by atoms with Crippen molar-refractivity contribution in [1.82, 2.24) is 10.2 Å². The van der Waals surface area contributed by atoms with E-state index < -0.39 is 5.41 Å². The first kappa shape index (κ1) is 13.3. The largest absolute Gasteiger partial charge is 0.457 e. The number of para-hydroxylation sites is 2. The molecular formula is C17H13ClN2O2. The summed E-state index contributed by atoms with van der Waals surface area (Å²) in [6, 6.07) is 15.8. The minimum Gasteiger partial charge on any atom is -0.457 e. The van der Waals surface area contributed by atoms with Crippen LogP contribution in [0.3, 0.4) is 0 Å². The highest BCUT2D eigenvalue weighted by atomic mass is 35.5. The topological polar surface area (TPSA) is 48.2 Å². The highest BCUT2D eigenvalue weighted by Crippen LogP contribution is 2.50. The van der Waals surface area contributed by atoms with Crippen LogP contribution >= 0.6 is 11.6 Å². The molecule has 0 atom stereocenters. The number of rotatable bonds is 2. The third kappa shape index (κ3) is 1.77. The Bertz CT molecular complexity index is 798. The maximum absolute atomic E-state index is 6.01. The van der Waals surface area contributed by atoms with E-state index in [0.29, 0.717) is 11.8 Å². The van der Waals surface area contributed by atoms with Gasteiger partial charge in [-0.2, -0.15) is 0 Å². The average Bonchev–Trinajstić information content (AvgIpc) is 3.05. The van der Waals surface area contributed by atoms with E-state index in [4.69, 9.17) is 20.8 Å². The molecule has 1 aromatic heterocycles. The van der Waals surface area contributed by atoms with Gasteiger partial charge in [0.1, 0.15) is 22.8 Å². The molecule has 0 spiro atoms. The smallest absolute Gasteiger partial charge is 0.231 e. The molecule has 0 bridgehead atoms. The molecule has 0 amide bonds. The molecule has 1 aliphatic rings. The number of nitrogens with zero attached hydrogens (tertiary/aromatic N) is 2. The van der Waals surface area contributed by atoms with Crippen molar-refractivity contribution in [2.45, 2.75) is 18.2 Å². The summed E-state index contributed by atoms with van der Waals surface area (Å²) in [6.45, 7) is 2.07. The quantitative estimate of drug-likeness (QED) is 0.663. The summed E-state index contributed by atoms with van der Waals surface area (Å²) in [7, 11) is 0. The fourth-order valence-corrected chi connectivity index (χ4v) is 3.05. The molecule has 3 aromatic rings. The summed E-state index contributed by atoms with van der Waals surface area (Å²) in [4.78, 5) is 0. The molecule has 0 fully saturated rings. The summed E-state index contributed by atoms with van der Waals surface area (Å²) in [5, 5.41) is 8.24. The van der Waals surface area contributed by atoms with Gasteiger partial charge in [-0.1, -0.05) is 36.4 Å². The van der Waals surface area contributed by atoms with Gasteiger partial charge in [0.05, 0.1) is 0 Å². The van der Waals surface area contributed by atoms with E-state index in [0.717, 1.165) is 22.6 Å². The van der Waals surface area contributed by atoms with Gasteiger partial charge in [0.15, 0.2) is 0 Å². The van der Waals surface area contributed by atoms with Gasteiger partial charge >= 0.3 is 0 Å². The first-order chi connectivity index (χ1) is 10.7. The van der Waals surface area contributed by atoms with Crippen molar-refractivity contribution >= 4 is 11.6 Å². The molecule has 1 aliphatic heterocycles. The fourth-order valence-electron chi connectivity index (χ4n) is 2.94. The first-order valence-corrected chi connectivity index (χ1v) is 7.52. The molecule has 4 rings (SSSR count). The molecule has 4 nitrogen and oxygen atoms in total. The van der Waals surface area contributed by atoms with Crippen LogP contribution in [0.2, 0.25) is 0 Å². The van der Waals surface area contributed by atoms with E-state index in [1.54, 1.807) is 0 Å². The lowest BCUT2D eigenvalue weighted by Crippen LogP contribution is -2.29. The van der Waals surface area contributed by atoms with E-state index in [2.05, 4.69) is 17.1 Å². The summed E-state index contributed by atoms with van der Waals surface area (Å²) in [6.07, 6.45) is 0. The number of aromatic nitrogens is 2. The zero-order valence-electron chi connectivity index (χ0n) is 11.9. The second kappa shape index (κ2) is 4.85. The van der Waals surface area contributed by atoms with Gasteiger partial charge in [0, 0.05) is 11.1 Å². The number of benzene rings is 2. The second-order valence-corrected chi connectivity index (χ2v) is 5.62. The van der Waals surface area contributed by atoms with Crippen LogP contribution in [0.15, 0.2) is 52.9 Å². The molecule has 0 aliphatic carbocycles. The maximum atomic E-state index is 6.01. The molecule has 0 unspecified atom stereocenters. The Morgan fingerprint density at radius 3 is 2.09 bits per heavy atom. The third-order valence-corrected chi connectivity index (χ3v) is 4.31. The number of hydrogen-bond donors (Lipinski definition) is 0. The maximum Gasteiger partial charge on any atom is 0.231 e. The third-order valence-electron chi connectivity index (χ3n) is 4.08. The number of alkyl halides is 1. The van der Waals surface area contributed by atoms with Crippen molar-refractivity contribution in [2.75, 3.05) is 0 Å². The molecule has 0 N–H and O–H groups in total. The second-order valence-electron chi connectivity index (χ2n) is 5.35. The fraction of sp³-hybridized carbons (Fsp3) is 0.176. The van der Waals surface area contributed by atoms with Crippen LogP contribution < -0.4 is 4.74 Å². The Morgan fingerprint density at radius 1 is 0.955 bits per heavy atom. The highest BCUT2D eigenvalue weighted by molar-refractivity contribution is 6.16. The minimum atomic E-state index is -0.567. The summed E-state index contributed by atoms with van der Waals surface area (Å²) in [5.74, 6) is 2.73. The van der Waals surface area contributed by atoms with Gasteiger partial charge in [-0.25, -0.2) is 0 Å². The molecule has 0 saturated heterocycles. The molecule has 0 saturated carbocycles. The molecule has 22 heavy (non-hydrogen) atoms. The van der Waals surface area contributed by atoms with Crippen LogP contribution in [0.25, 0.3) is 0 Å². The Morgan fingerprint density at radius 2 is 1.55 bits per heavy atom. The average molecular weight is 313 g/mol. The van der Waals surface area contributed by atoms with E-state index in [9.17, 15) is 0 Å². The predicted molar refractivity (Wildman–Crippen MR) is 82.4 cm³/mol. The SMILES string of the molecule is CC1(c2nnc(CCl)o2)c2ccccc2Oc2ccccc21. The van der Waals surface area contributed by atoms with Crippen LogP contribution in [0.4, 0.5) is 0 Å². The lowest BCUT2D eigenvalue weighted by atomic mass is 9.74. The summed E-state index contributed by atoms with van der Waals surface area (Å²) in [5.41, 5.74) is 1.43. The number of hydrogen-bond acceptors (Lipinski definition) is 4. The zero-order valence-corrected chi connectivity index (χ0v) is 12.7. The summed E-state index contributed by atoms with van der Waals surface area (Å²) >= 11 is 5.80. The standard InChI is InChI=1S/C17H13ClN2O2/c1-17(16-20-19-15(10-18)22-16)11-6-2-4-8-13(11)21-14-9-5-3-7-12(14)17/h2-9H,10H2,1H3. The normalized spacial score (nSPS) is 14.8. The van der Waals surface area contributed by atoms with Crippen molar-refractivity contribution in [3.63, 3.8) is 0 Å². The van der Waals surface area contributed by atoms with Gasteiger partial charge in [-0.3, -0.25) is 0 Å². The van der Waals surface area contributed by atoms with Crippen LogP contribution in [0.1, 0.15) is 29.8 Å². The van der Waals surface area contributed by atoms with Crippen molar-refractivity contribution in [1.29, 1.82) is 0 Å². The summed E-state index contributed by atoms with van der Waals surface area (Å²) < 4.78 is 11.8. The van der Waals surface area contributed by atoms with Gasteiger partial charge in [-0.15, -0.1) is 21.8 Å². The molecule has 2 aromatic carbocycles. The Balaban J connectivity index is 2.01. The van der Waals surface area contributed by atoms with Gasteiger partial charge in [0.2, 0.25) is 11.8 Å². The molecule has 110 valence electrons. The van der Waals surface area contributed by atoms with E-state index in [1.807, 2.05) is 48.5 Å². The Kier molecular flexibility index (Phi) is 2.94. The lowest BCUT2D eigenvalue weighted by molar-refractivity contribution is 0.368. The van der Waals surface area contributed by atoms with E-state index >= 15 is 0 Å². The molecular weight excluding hydrogens is 300 g/mol. The van der Waals surface area contributed by atoms with Crippen molar-refractivity contribution in [2.24, 2.45) is 0 Å². The lowest BCUT2D eigenvalue weighted by Gasteiger charge is -2.34. The number of ether oxygens (including phenoxy) is 1. The van der Waals surface area contributed by atoms with E-state index in [-0.39, 0.29) is 5.88 Å². The van der Waals surface area contributed by atoms with E-state index in [1.165, 1.54) is 0 Å². The molecule has 0 radical (unpaired) electrons. The molecule has 2 heterocycles. The van der Waals surface area contributed by atoms with Gasteiger partial charge in [-0.05, 0) is 19.1 Å². The monoisotopic (exact) mass is 312 g/mol. The van der Waals surface area contributed by atoms with Crippen LogP contribution in [0, 0.1) is 0 Å². The van der Waals surface area contributed by atoms with Crippen molar-refractivity contribution in [3.8, 4) is 11.5 Å². The van der Waals surface area contributed by atoms with Crippen LogP contribution in [0.5, 0.6) is 11.5 Å². The van der Waals surface area contributed by atoms with Crippen LogP contribution in [-0.2, 0) is 11.3 Å². The van der Waals surface area contributed by atoms with Crippen LogP contribution in [-0.4, -0.2) is 10.2 Å².